The van der Waals surface area contributed by atoms with E-state index in [2.05, 4.69) is 14.7 Å². The van der Waals surface area contributed by atoms with Gasteiger partial charge in [0.1, 0.15) is 19.0 Å². The Labute approximate surface area is 104 Å². The minimum absolute atomic E-state index is 0.00762. The highest BCUT2D eigenvalue weighted by atomic mass is 16.5. The predicted molar refractivity (Wildman–Crippen MR) is 65.0 cm³/mol. The van der Waals surface area contributed by atoms with Gasteiger partial charge >= 0.3 is 5.97 Å². The Kier molecular flexibility index (Phi) is 3.69. The van der Waals surface area contributed by atoms with E-state index < -0.39 is 12.0 Å². The van der Waals surface area contributed by atoms with Crippen LogP contribution in [0.25, 0.3) is 10.9 Å². The SMILES string of the molecule is COC(=O)C(N)COc1ncnc2ccccc12. The van der Waals surface area contributed by atoms with E-state index in [4.69, 9.17) is 10.5 Å². The molecule has 0 radical (unpaired) electrons. The first kappa shape index (κ1) is 12.3. The van der Waals surface area contributed by atoms with Gasteiger partial charge < -0.3 is 15.2 Å². The number of ether oxygens (including phenoxy) is 2. The molecule has 0 saturated carbocycles. The second kappa shape index (κ2) is 5.42. The van der Waals surface area contributed by atoms with Crippen molar-refractivity contribution in [3.8, 4) is 5.88 Å². The number of hydrogen-bond donors (Lipinski definition) is 1. The summed E-state index contributed by atoms with van der Waals surface area (Å²) >= 11 is 0. The Balaban J connectivity index is 2.15. The van der Waals surface area contributed by atoms with E-state index in [-0.39, 0.29) is 6.61 Å². The number of para-hydroxylation sites is 1. The largest absolute Gasteiger partial charge is 0.475 e. The van der Waals surface area contributed by atoms with Crippen molar-refractivity contribution in [3.63, 3.8) is 0 Å². The van der Waals surface area contributed by atoms with Crippen molar-refractivity contribution in [2.75, 3.05) is 13.7 Å². The van der Waals surface area contributed by atoms with Gasteiger partial charge in [-0.05, 0) is 12.1 Å². The van der Waals surface area contributed by atoms with E-state index in [1.54, 1.807) is 0 Å². The molecule has 0 aliphatic heterocycles. The third-order valence-electron chi connectivity index (χ3n) is 2.41. The number of methoxy groups -OCH3 is 1. The number of aromatic nitrogens is 2. The van der Waals surface area contributed by atoms with Crippen LogP contribution in [0.5, 0.6) is 5.88 Å². The van der Waals surface area contributed by atoms with E-state index >= 15 is 0 Å². The minimum Gasteiger partial charge on any atom is -0.475 e. The van der Waals surface area contributed by atoms with Gasteiger partial charge in [0.2, 0.25) is 5.88 Å². The predicted octanol–water partition coefficient (Wildman–Crippen LogP) is 0.509. The van der Waals surface area contributed by atoms with Gasteiger partial charge in [0, 0.05) is 0 Å². The lowest BCUT2D eigenvalue weighted by Crippen LogP contribution is -2.37. The molecule has 1 aromatic carbocycles. The van der Waals surface area contributed by atoms with Crippen LogP contribution in [0.3, 0.4) is 0 Å². The van der Waals surface area contributed by atoms with Gasteiger partial charge in [0.25, 0.3) is 0 Å². The van der Waals surface area contributed by atoms with Crippen molar-refractivity contribution in [3.05, 3.63) is 30.6 Å². The Morgan fingerprint density at radius 3 is 2.94 bits per heavy atom. The zero-order valence-electron chi connectivity index (χ0n) is 9.87. The monoisotopic (exact) mass is 247 g/mol. The Hall–Kier alpha value is -2.21. The van der Waals surface area contributed by atoms with Gasteiger partial charge in [-0.1, -0.05) is 12.1 Å². The van der Waals surface area contributed by atoms with Gasteiger partial charge in [-0.25, -0.2) is 9.97 Å². The number of carbonyl (C=O) groups excluding carboxylic acids is 1. The lowest BCUT2D eigenvalue weighted by atomic mass is 10.2. The summed E-state index contributed by atoms with van der Waals surface area (Å²) in [5.41, 5.74) is 6.35. The number of carbonyl (C=O) groups is 1. The highest BCUT2D eigenvalue weighted by Crippen LogP contribution is 2.20. The second-order valence-corrected chi connectivity index (χ2v) is 3.64. The van der Waals surface area contributed by atoms with Crippen LogP contribution < -0.4 is 10.5 Å². The minimum atomic E-state index is -0.830. The van der Waals surface area contributed by atoms with Crippen LogP contribution in [0.2, 0.25) is 0 Å². The summed E-state index contributed by atoms with van der Waals surface area (Å²) in [5.74, 6) is -0.117. The molecule has 2 aromatic rings. The van der Waals surface area contributed by atoms with Crippen LogP contribution >= 0.6 is 0 Å². The topological polar surface area (TPSA) is 87.3 Å². The first-order valence-corrected chi connectivity index (χ1v) is 5.38. The number of benzene rings is 1. The third-order valence-corrected chi connectivity index (χ3v) is 2.41. The van der Waals surface area contributed by atoms with Crippen molar-refractivity contribution in [1.82, 2.24) is 9.97 Å². The molecule has 94 valence electrons. The first-order valence-electron chi connectivity index (χ1n) is 5.38. The number of esters is 1. The average Bonchev–Trinajstić information content (AvgIpc) is 2.43. The summed E-state index contributed by atoms with van der Waals surface area (Å²) in [6.45, 7) is 0.00762. The Bertz CT molecular complexity index is 554. The van der Waals surface area contributed by atoms with Crippen molar-refractivity contribution in [2.24, 2.45) is 5.73 Å². The molecule has 6 nitrogen and oxygen atoms in total. The van der Waals surface area contributed by atoms with Crippen LogP contribution in [0, 0.1) is 0 Å². The number of rotatable bonds is 4. The summed E-state index contributed by atoms with van der Waals surface area (Å²) in [5, 5.41) is 0.775. The summed E-state index contributed by atoms with van der Waals surface area (Å²) in [6, 6.07) is 6.60. The van der Waals surface area contributed by atoms with E-state index in [9.17, 15) is 4.79 Å². The van der Waals surface area contributed by atoms with Gasteiger partial charge in [-0.3, -0.25) is 4.79 Å². The highest BCUT2D eigenvalue weighted by Gasteiger charge is 2.15. The molecular weight excluding hydrogens is 234 g/mol. The van der Waals surface area contributed by atoms with Crippen molar-refractivity contribution >= 4 is 16.9 Å². The van der Waals surface area contributed by atoms with Crippen molar-refractivity contribution in [1.29, 1.82) is 0 Å². The molecule has 0 aliphatic rings. The van der Waals surface area contributed by atoms with Crippen LogP contribution in [-0.4, -0.2) is 35.7 Å². The molecule has 6 heteroatoms. The Morgan fingerprint density at radius 2 is 2.17 bits per heavy atom. The molecule has 0 amide bonds. The number of nitrogens with zero attached hydrogens (tertiary/aromatic N) is 2. The van der Waals surface area contributed by atoms with E-state index in [0.29, 0.717) is 5.88 Å². The molecule has 18 heavy (non-hydrogen) atoms. The molecule has 1 unspecified atom stereocenters. The van der Waals surface area contributed by atoms with Gasteiger partial charge in [0.05, 0.1) is 18.0 Å². The van der Waals surface area contributed by atoms with Crippen LogP contribution in [0.1, 0.15) is 0 Å². The molecule has 2 N–H and O–H groups in total. The molecule has 0 saturated heterocycles. The van der Waals surface area contributed by atoms with E-state index in [1.165, 1.54) is 13.4 Å². The molecule has 0 fully saturated rings. The summed E-state index contributed by atoms with van der Waals surface area (Å²) in [6.07, 6.45) is 1.40. The van der Waals surface area contributed by atoms with E-state index in [1.807, 2.05) is 24.3 Å². The molecule has 1 atom stereocenters. The van der Waals surface area contributed by atoms with Gasteiger partial charge in [-0.15, -0.1) is 0 Å². The highest BCUT2D eigenvalue weighted by molar-refractivity contribution is 5.83. The maximum Gasteiger partial charge on any atom is 0.326 e. The zero-order valence-corrected chi connectivity index (χ0v) is 9.87. The molecule has 1 aromatic heterocycles. The lowest BCUT2D eigenvalue weighted by molar-refractivity contribution is -0.142. The molecular formula is C12H13N3O3. The van der Waals surface area contributed by atoms with Crippen LogP contribution in [0.15, 0.2) is 30.6 Å². The summed E-state index contributed by atoms with van der Waals surface area (Å²) in [7, 11) is 1.28. The molecule has 0 spiro atoms. The van der Waals surface area contributed by atoms with Crippen molar-refractivity contribution in [2.45, 2.75) is 6.04 Å². The molecule has 0 aliphatic carbocycles. The maximum atomic E-state index is 11.1. The summed E-state index contributed by atoms with van der Waals surface area (Å²) < 4.78 is 9.94. The van der Waals surface area contributed by atoms with Gasteiger partial charge in [0.15, 0.2) is 0 Å². The smallest absolute Gasteiger partial charge is 0.326 e. The third kappa shape index (κ3) is 2.54. The number of nitrogens with two attached hydrogens (primary N) is 1. The summed E-state index contributed by atoms with van der Waals surface area (Å²) in [4.78, 5) is 19.3. The average molecular weight is 247 g/mol. The standard InChI is InChI=1S/C12H13N3O3/c1-17-12(16)9(13)6-18-11-8-4-2-3-5-10(8)14-7-15-11/h2-5,7,9H,6,13H2,1H3. The van der Waals surface area contributed by atoms with Gasteiger partial charge in [-0.2, -0.15) is 0 Å². The zero-order chi connectivity index (χ0) is 13.0. The fourth-order valence-electron chi connectivity index (χ4n) is 1.48. The molecule has 1 heterocycles. The van der Waals surface area contributed by atoms with Crippen molar-refractivity contribution < 1.29 is 14.3 Å². The Morgan fingerprint density at radius 1 is 1.39 bits per heavy atom. The fourth-order valence-corrected chi connectivity index (χ4v) is 1.48. The van der Waals surface area contributed by atoms with E-state index in [0.717, 1.165) is 10.9 Å². The van der Waals surface area contributed by atoms with Crippen LogP contribution in [0.4, 0.5) is 0 Å². The first-order chi connectivity index (χ1) is 8.72. The second-order valence-electron chi connectivity index (χ2n) is 3.64. The molecule has 2 rings (SSSR count). The number of fused-ring (bicyclic) bond motifs is 1. The normalized spacial score (nSPS) is 12.1. The van der Waals surface area contributed by atoms with Crippen LogP contribution in [-0.2, 0) is 9.53 Å². The fraction of sp³-hybridized carbons (Fsp3) is 0.250. The maximum absolute atomic E-state index is 11.1. The molecule has 0 bridgehead atoms. The number of hydrogen-bond acceptors (Lipinski definition) is 6. The lowest BCUT2D eigenvalue weighted by Gasteiger charge is -2.11. The quantitative estimate of drug-likeness (QED) is 0.792.